The van der Waals surface area contributed by atoms with Gasteiger partial charge in [0.1, 0.15) is 0 Å². The van der Waals surface area contributed by atoms with Crippen molar-refractivity contribution < 1.29 is 9.59 Å². The SMILES string of the molecule is O=C(NCCC(=O)N1CCCC1c1ccsc1)Nc1ccccc1. The first-order chi connectivity index (χ1) is 11.7. The van der Waals surface area contributed by atoms with Crippen LogP contribution in [0.1, 0.15) is 30.9 Å². The van der Waals surface area contributed by atoms with Gasteiger partial charge in [-0.3, -0.25) is 4.79 Å². The van der Waals surface area contributed by atoms with Crippen molar-refractivity contribution in [2.45, 2.75) is 25.3 Å². The van der Waals surface area contributed by atoms with Crippen molar-refractivity contribution in [3.63, 3.8) is 0 Å². The Labute approximate surface area is 145 Å². The summed E-state index contributed by atoms with van der Waals surface area (Å²) in [5, 5.41) is 9.64. The third-order valence-corrected chi connectivity index (χ3v) is 4.86. The highest BCUT2D eigenvalue weighted by molar-refractivity contribution is 7.08. The van der Waals surface area contributed by atoms with Crippen LogP contribution in [0.25, 0.3) is 0 Å². The number of rotatable bonds is 5. The van der Waals surface area contributed by atoms with Gasteiger partial charge in [-0.05, 0) is 47.4 Å². The molecule has 0 spiro atoms. The molecule has 1 fully saturated rings. The molecule has 1 atom stereocenters. The molecule has 0 saturated carbocycles. The maximum atomic E-state index is 12.4. The molecule has 2 heterocycles. The zero-order valence-electron chi connectivity index (χ0n) is 13.4. The van der Waals surface area contributed by atoms with Crippen molar-refractivity contribution in [2.75, 3.05) is 18.4 Å². The zero-order valence-corrected chi connectivity index (χ0v) is 14.2. The van der Waals surface area contributed by atoms with Crippen molar-refractivity contribution in [3.05, 3.63) is 52.7 Å². The summed E-state index contributed by atoms with van der Waals surface area (Å²) < 4.78 is 0. The maximum Gasteiger partial charge on any atom is 0.319 e. The first-order valence-electron chi connectivity index (χ1n) is 8.15. The number of nitrogens with zero attached hydrogens (tertiary/aromatic N) is 1. The molecule has 1 aromatic heterocycles. The summed E-state index contributed by atoms with van der Waals surface area (Å²) in [7, 11) is 0. The Balaban J connectivity index is 1.44. The lowest BCUT2D eigenvalue weighted by Crippen LogP contribution is -2.35. The van der Waals surface area contributed by atoms with E-state index in [2.05, 4.69) is 22.1 Å². The Morgan fingerprint density at radius 3 is 2.79 bits per heavy atom. The fourth-order valence-electron chi connectivity index (χ4n) is 3.00. The number of hydrogen-bond acceptors (Lipinski definition) is 3. The van der Waals surface area contributed by atoms with Gasteiger partial charge >= 0.3 is 6.03 Å². The third kappa shape index (κ3) is 4.14. The molecule has 3 rings (SSSR count). The summed E-state index contributed by atoms with van der Waals surface area (Å²) in [5.74, 6) is 0.101. The standard InChI is InChI=1S/C18H21N3O2S/c22-17(21-11-4-7-16(21)14-9-12-24-13-14)8-10-19-18(23)20-15-5-2-1-3-6-15/h1-3,5-6,9,12-13,16H,4,7-8,10-11H2,(H2,19,20,23). The number of benzene rings is 1. The summed E-state index contributed by atoms with van der Waals surface area (Å²) in [6.07, 6.45) is 2.38. The van der Waals surface area contributed by atoms with E-state index in [9.17, 15) is 9.59 Å². The molecule has 0 radical (unpaired) electrons. The number of para-hydroxylation sites is 1. The Bertz CT molecular complexity index is 673. The molecule has 5 nitrogen and oxygen atoms in total. The van der Waals surface area contributed by atoms with Gasteiger partial charge in [0, 0.05) is 25.2 Å². The molecule has 0 bridgehead atoms. The van der Waals surface area contributed by atoms with Gasteiger partial charge in [0.25, 0.3) is 0 Å². The molecule has 6 heteroatoms. The predicted octanol–water partition coefficient (Wildman–Crippen LogP) is 3.62. The van der Waals surface area contributed by atoms with Crippen LogP contribution in [-0.4, -0.2) is 29.9 Å². The molecule has 2 N–H and O–H groups in total. The van der Waals surface area contributed by atoms with Crippen molar-refractivity contribution in [1.29, 1.82) is 0 Å². The van der Waals surface area contributed by atoms with Crippen LogP contribution < -0.4 is 10.6 Å². The molecule has 1 unspecified atom stereocenters. The lowest BCUT2D eigenvalue weighted by Gasteiger charge is -2.24. The van der Waals surface area contributed by atoms with Gasteiger partial charge in [-0.25, -0.2) is 4.79 Å². The minimum Gasteiger partial charge on any atom is -0.337 e. The predicted molar refractivity (Wildman–Crippen MR) is 96.1 cm³/mol. The van der Waals surface area contributed by atoms with Gasteiger partial charge in [0.2, 0.25) is 5.91 Å². The van der Waals surface area contributed by atoms with E-state index in [4.69, 9.17) is 0 Å². The van der Waals surface area contributed by atoms with Crippen LogP contribution in [0.15, 0.2) is 47.2 Å². The van der Waals surface area contributed by atoms with Crippen LogP contribution in [0, 0.1) is 0 Å². The highest BCUT2D eigenvalue weighted by Gasteiger charge is 2.29. The van der Waals surface area contributed by atoms with Gasteiger partial charge in [0.15, 0.2) is 0 Å². The van der Waals surface area contributed by atoms with E-state index in [1.165, 1.54) is 5.56 Å². The van der Waals surface area contributed by atoms with Crippen LogP contribution in [0.4, 0.5) is 10.5 Å². The molecule has 1 aliphatic rings. The van der Waals surface area contributed by atoms with Crippen molar-refractivity contribution in [3.8, 4) is 0 Å². The summed E-state index contributed by atoms with van der Waals surface area (Å²) in [6.45, 7) is 1.14. The first-order valence-corrected chi connectivity index (χ1v) is 9.10. The van der Waals surface area contributed by atoms with E-state index >= 15 is 0 Å². The first kappa shape index (κ1) is 16.5. The lowest BCUT2D eigenvalue weighted by molar-refractivity contribution is -0.132. The highest BCUT2D eigenvalue weighted by atomic mass is 32.1. The fraction of sp³-hybridized carbons (Fsp3) is 0.333. The lowest BCUT2D eigenvalue weighted by atomic mass is 10.1. The summed E-state index contributed by atoms with van der Waals surface area (Å²) in [5.41, 5.74) is 1.96. The van der Waals surface area contributed by atoms with Crippen LogP contribution in [0.3, 0.4) is 0 Å². The topological polar surface area (TPSA) is 61.4 Å². The number of amides is 3. The van der Waals surface area contributed by atoms with Crippen LogP contribution in [0.5, 0.6) is 0 Å². The van der Waals surface area contributed by atoms with Gasteiger partial charge in [-0.15, -0.1) is 0 Å². The second-order valence-corrected chi connectivity index (χ2v) is 6.58. The van der Waals surface area contributed by atoms with Gasteiger partial charge in [0.05, 0.1) is 6.04 Å². The average molecular weight is 343 g/mol. The minimum absolute atomic E-state index is 0.101. The molecule has 3 amide bonds. The molecular formula is C18H21N3O2S. The molecule has 1 saturated heterocycles. The number of urea groups is 1. The summed E-state index contributed by atoms with van der Waals surface area (Å²) in [6, 6.07) is 11.2. The van der Waals surface area contributed by atoms with Crippen LogP contribution in [-0.2, 0) is 4.79 Å². The molecule has 126 valence electrons. The van der Waals surface area contributed by atoms with E-state index in [-0.39, 0.29) is 18.0 Å². The van der Waals surface area contributed by atoms with E-state index in [0.29, 0.717) is 13.0 Å². The Kier molecular flexibility index (Phi) is 5.48. The molecule has 2 aromatic rings. The number of carbonyl (C=O) groups excluding carboxylic acids is 2. The number of hydrogen-bond donors (Lipinski definition) is 2. The van der Waals surface area contributed by atoms with E-state index in [1.54, 1.807) is 11.3 Å². The van der Waals surface area contributed by atoms with Gasteiger partial charge < -0.3 is 15.5 Å². The second-order valence-electron chi connectivity index (χ2n) is 5.80. The Hall–Kier alpha value is -2.34. The number of nitrogens with one attached hydrogen (secondary N) is 2. The maximum absolute atomic E-state index is 12.4. The smallest absolute Gasteiger partial charge is 0.319 e. The quantitative estimate of drug-likeness (QED) is 0.871. The third-order valence-electron chi connectivity index (χ3n) is 4.16. The number of likely N-dealkylation sites (tertiary alicyclic amines) is 1. The summed E-state index contributed by atoms with van der Waals surface area (Å²) >= 11 is 1.66. The van der Waals surface area contributed by atoms with E-state index in [0.717, 1.165) is 25.1 Å². The van der Waals surface area contributed by atoms with Crippen molar-refractivity contribution in [2.24, 2.45) is 0 Å². The molecule has 24 heavy (non-hydrogen) atoms. The Morgan fingerprint density at radius 2 is 2.04 bits per heavy atom. The molecular weight excluding hydrogens is 322 g/mol. The Morgan fingerprint density at radius 1 is 1.21 bits per heavy atom. The van der Waals surface area contributed by atoms with Crippen molar-refractivity contribution >= 4 is 29.0 Å². The number of anilines is 1. The van der Waals surface area contributed by atoms with E-state index in [1.807, 2.05) is 40.6 Å². The molecule has 0 aliphatic carbocycles. The zero-order chi connectivity index (χ0) is 16.8. The normalized spacial score (nSPS) is 16.8. The van der Waals surface area contributed by atoms with E-state index < -0.39 is 0 Å². The average Bonchev–Trinajstić information content (AvgIpc) is 3.26. The largest absolute Gasteiger partial charge is 0.337 e. The molecule has 1 aromatic carbocycles. The minimum atomic E-state index is -0.287. The summed E-state index contributed by atoms with van der Waals surface area (Å²) in [4.78, 5) is 26.2. The number of carbonyl (C=O) groups is 2. The van der Waals surface area contributed by atoms with Crippen molar-refractivity contribution in [1.82, 2.24) is 10.2 Å². The second kappa shape index (κ2) is 7.97. The van der Waals surface area contributed by atoms with Gasteiger partial charge in [-0.2, -0.15) is 11.3 Å². The fourth-order valence-corrected chi connectivity index (χ4v) is 3.71. The van der Waals surface area contributed by atoms with Crippen LogP contribution in [0.2, 0.25) is 0 Å². The monoisotopic (exact) mass is 343 g/mol. The molecule has 1 aliphatic heterocycles. The highest BCUT2D eigenvalue weighted by Crippen LogP contribution is 2.33. The van der Waals surface area contributed by atoms with Crippen LogP contribution >= 0.6 is 11.3 Å². The van der Waals surface area contributed by atoms with Gasteiger partial charge in [-0.1, -0.05) is 18.2 Å². The number of thiophene rings is 1.